The molecular formula is C10H16N2O4S. The number of ether oxygens (including phenoxy) is 1. The van der Waals surface area contributed by atoms with Gasteiger partial charge in [0.25, 0.3) is 0 Å². The summed E-state index contributed by atoms with van der Waals surface area (Å²) in [5.74, 6) is -0.807. The van der Waals surface area contributed by atoms with Crippen molar-refractivity contribution < 1.29 is 17.9 Å². The van der Waals surface area contributed by atoms with Crippen molar-refractivity contribution in [2.24, 2.45) is 5.92 Å². The Morgan fingerprint density at radius 2 is 2.29 bits per heavy atom. The molecule has 0 N–H and O–H groups in total. The van der Waals surface area contributed by atoms with Crippen LogP contribution in [-0.2, 0) is 19.6 Å². The number of esters is 1. The molecule has 0 bridgehead atoms. The Labute approximate surface area is 101 Å². The number of carbonyl (C=O) groups is 1. The smallest absolute Gasteiger partial charge is 0.310 e. The Kier molecular flexibility index (Phi) is 4.48. The molecule has 2 unspecified atom stereocenters. The first-order valence-electron chi connectivity index (χ1n) is 5.43. The molecule has 1 aliphatic heterocycles. The highest BCUT2D eigenvalue weighted by Crippen LogP contribution is 2.23. The maximum atomic E-state index is 12.0. The lowest BCUT2D eigenvalue weighted by Crippen LogP contribution is -2.37. The summed E-state index contributed by atoms with van der Waals surface area (Å²) in [6, 6.07) is 1.78. The Hall–Kier alpha value is -1.13. The fraction of sp³-hybridized carbons (Fsp3) is 0.800. The molecule has 7 heteroatoms. The zero-order valence-electron chi connectivity index (χ0n) is 9.92. The predicted molar refractivity (Wildman–Crippen MR) is 60.3 cm³/mol. The lowest BCUT2D eigenvalue weighted by atomic mass is 10.1. The largest absolute Gasteiger partial charge is 0.469 e. The van der Waals surface area contributed by atoms with Gasteiger partial charge in [0.15, 0.2) is 5.25 Å². The number of sulfonamides is 1. The summed E-state index contributed by atoms with van der Waals surface area (Å²) in [6.07, 6.45) is 0.700. The third-order valence-electron chi connectivity index (χ3n) is 2.92. The van der Waals surface area contributed by atoms with Crippen LogP contribution < -0.4 is 0 Å². The van der Waals surface area contributed by atoms with Crippen molar-refractivity contribution in [3.8, 4) is 6.07 Å². The normalized spacial score (nSPS) is 23.0. The highest BCUT2D eigenvalue weighted by molar-refractivity contribution is 7.90. The van der Waals surface area contributed by atoms with Crippen LogP contribution in [0.5, 0.6) is 0 Å². The Bertz CT molecular complexity index is 426. The molecular weight excluding hydrogens is 244 g/mol. The topological polar surface area (TPSA) is 87.5 Å². The molecule has 0 radical (unpaired) electrons. The number of carbonyl (C=O) groups excluding carboxylic acids is 1. The molecule has 0 saturated carbocycles. The molecule has 6 nitrogen and oxygen atoms in total. The van der Waals surface area contributed by atoms with E-state index in [2.05, 4.69) is 4.74 Å². The van der Waals surface area contributed by atoms with Crippen molar-refractivity contribution >= 4 is 16.0 Å². The van der Waals surface area contributed by atoms with E-state index >= 15 is 0 Å². The highest BCUT2D eigenvalue weighted by Gasteiger charge is 2.39. The van der Waals surface area contributed by atoms with Crippen molar-refractivity contribution in [3.05, 3.63) is 0 Å². The maximum absolute atomic E-state index is 12.0. The predicted octanol–water partition coefficient (Wildman–Crippen LogP) is 0.113. The van der Waals surface area contributed by atoms with E-state index in [1.165, 1.54) is 11.4 Å². The second-order valence-electron chi connectivity index (χ2n) is 3.94. The Balaban J connectivity index is 2.78. The maximum Gasteiger partial charge on any atom is 0.310 e. The van der Waals surface area contributed by atoms with Crippen LogP contribution in [0.1, 0.15) is 19.8 Å². The summed E-state index contributed by atoms with van der Waals surface area (Å²) >= 11 is 0. The number of rotatable bonds is 4. The van der Waals surface area contributed by atoms with E-state index in [4.69, 9.17) is 5.26 Å². The summed E-state index contributed by atoms with van der Waals surface area (Å²) in [5, 5.41) is 7.77. The van der Waals surface area contributed by atoms with Crippen LogP contribution in [-0.4, -0.2) is 44.1 Å². The van der Waals surface area contributed by atoms with Crippen LogP contribution in [0.25, 0.3) is 0 Å². The van der Waals surface area contributed by atoms with Gasteiger partial charge in [-0.15, -0.1) is 0 Å². The van der Waals surface area contributed by atoms with Crippen LogP contribution >= 0.6 is 0 Å². The summed E-state index contributed by atoms with van der Waals surface area (Å²) in [4.78, 5) is 11.3. The van der Waals surface area contributed by atoms with Crippen molar-refractivity contribution in [2.45, 2.75) is 25.0 Å². The van der Waals surface area contributed by atoms with E-state index in [1.807, 2.05) is 0 Å². The third-order valence-corrected chi connectivity index (χ3v) is 5.13. The van der Waals surface area contributed by atoms with E-state index in [9.17, 15) is 13.2 Å². The van der Waals surface area contributed by atoms with Crippen LogP contribution in [0.4, 0.5) is 0 Å². The SMILES string of the molecule is CCC(C#N)S(=O)(=O)N1CCC(C(=O)OC)C1. The van der Waals surface area contributed by atoms with E-state index in [1.54, 1.807) is 13.0 Å². The van der Waals surface area contributed by atoms with Gasteiger partial charge in [0, 0.05) is 13.1 Å². The van der Waals surface area contributed by atoms with Gasteiger partial charge in [-0.1, -0.05) is 6.92 Å². The second-order valence-corrected chi connectivity index (χ2v) is 6.05. The molecule has 1 aliphatic rings. The number of hydrogen-bond acceptors (Lipinski definition) is 5. The first-order valence-corrected chi connectivity index (χ1v) is 6.94. The average molecular weight is 260 g/mol. The van der Waals surface area contributed by atoms with Crippen molar-refractivity contribution in [1.29, 1.82) is 5.26 Å². The van der Waals surface area contributed by atoms with Gasteiger partial charge in [0.2, 0.25) is 10.0 Å². The van der Waals surface area contributed by atoms with Gasteiger partial charge >= 0.3 is 5.97 Å². The molecule has 0 aromatic heterocycles. The standard InChI is InChI=1S/C10H16N2O4S/c1-3-9(6-11)17(14,15)12-5-4-8(7-12)10(13)16-2/h8-9H,3-5,7H2,1-2H3. The molecule has 2 atom stereocenters. The molecule has 0 aromatic rings. The van der Waals surface area contributed by atoms with Gasteiger partial charge in [-0.2, -0.15) is 9.57 Å². The number of nitrogens with zero attached hydrogens (tertiary/aromatic N) is 2. The molecule has 0 aromatic carbocycles. The Morgan fingerprint density at radius 1 is 1.65 bits per heavy atom. The lowest BCUT2D eigenvalue weighted by Gasteiger charge is -2.18. The summed E-state index contributed by atoms with van der Waals surface area (Å²) in [7, 11) is -2.33. The zero-order valence-corrected chi connectivity index (χ0v) is 10.7. The minimum Gasteiger partial charge on any atom is -0.469 e. The zero-order chi connectivity index (χ0) is 13.1. The van der Waals surface area contributed by atoms with Gasteiger partial charge in [-0.05, 0) is 12.8 Å². The first-order chi connectivity index (χ1) is 7.97. The molecule has 17 heavy (non-hydrogen) atoms. The fourth-order valence-corrected chi connectivity index (χ4v) is 3.53. The third kappa shape index (κ3) is 2.76. The number of methoxy groups -OCH3 is 1. The average Bonchev–Trinajstić information content (AvgIpc) is 2.79. The highest BCUT2D eigenvalue weighted by atomic mass is 32.2. The van der Waals surface area contributed by atoms with Crippen molar-refractivity contribution in [1.82, 2.24) is 4.31 Å². The van der Waals surface area contributed by atoms with E-state index < -0.39 is 27.2 Å². The molecule has 96 valence electrons. The van der Waals surface area contributed by atoms with Crippen LogP contribution in [0.3, 0.4) is 0 Å². The van der Waals surface area contributed by atoms with Gasteiger partial charge < -0.3 is 4.74 Å². The van der Waals surface area contributed by atoms with E-state index in [0.29, 0.717) is 6.42 Å². The van der Waals surface area contributed by atoms with E-state index in [0.717, 1.165) is 0 Å². The Morgan fingerprint density at radius 3 is 2.76 bits per heavy atom. The monoisotopic (exact) mass is 260 g/mol. The second kappa shape index (κ2) is 5.47. The minimum absolute atomic E-state index is 0.118. The quantitative estimate of drug-likeness (QED) is 0.670. The van der Waals surface area contributed by atoms with Gasteiger partial charge in [0.1, 0.15) is 0 Å². The molecule has 1 saturated heterocycles. The molecule has 1 fully saturated rings. The first kappa shape index (κ1) is 13.9. The van der Waals surface area contributed by atoms with Gasteiger partial charge in [-0.3, -0.25) is 4.79 Å². The number of nitriles is 1. The molecule has 0 spiro atoms. The molecule has 1 heterocycles. The lowest BCUT2D eigenvalue weighted by molar-refractivity contribution is -0.144. The van der Waals surface area contributed by atoms with Gasteiger partial charge in [0.05, 0.1) is 19.1 Å². The van der Waals surface area contributed by atoms with Crippen LogP contribution in [0.2, 0.25) is 0 Å². The number of hydrogen-bond donors (Lipinski definition) is 0. The minimum atomic E-state index is -3.61. The van der Waals surface area contributed by atoms with Crippen LogP contribution in [0.15, 0.2) is 0 Å². The molecule has 1 rings (SSSR count). The molecule has 0 amide bonds. The summed E-state index contributed by atoms with van der Waals surface area (Å²) < 4.78 is 29.8. The van der Waals surface area contributed by atoms with E-state index in [-0.39, 0.29) is 19.5 Å². The summed E-state index contributed by atoms with van der Waals surface area (Å²) in [6.45, 7) is 2.05. The summed E-state index contributed by atoms with van der Waals surface area (Å²) in [5.41, 5.74) is 0. The van der Waals surface area contributed by atoms with Crippen molar-refractivity contribution in [3.63, 3.8) is 0 Å². The van der Waals surface area contributed by atoms with Gasteiger partial charge in [-0.25, -0.2) is 8.42 Å². The van der Waals surface area contributed by atoms with Crippen molar-refractivity contribution in [2.75, 3.05) is 20.2 Å². The molecule has 0 aliphatic carbocycles. The fourth-order valence-electron chi connectivity index (χ4n) is 1.87. The van der Waals surface area contributed by atoms with Crippen LogP contribution in [0, 0.1) is 17.2 Å².